The Morgan fingerprint density at radius 1 is 0.600 bits per heavy atom. The normalized spacial score (nSPS) is 12.0. The van der Waals surface area contributed by atoms with E-state index in [1.807, 2.05) is 36.4 Å². The van der Waals surface area contributed by atoms with Crippen molar-refractivity contribution in [2.45, 2.75) is 0 Å². The highest BCUT2D eigenvalue weighted by Gasteiger charge is 2.11. The second-order valence-electron chi connectivity index (χ2n) is 4.96. The molecule has 2 N–H and O–H groups in total. The number of nitrogens with zero attached hydrogens (tertiary/aromatic N) is 2. The smallest absolute Gasteiger partial charge is 0.158 e. The number of nitrogens with one attached hydrogen (secondary N) is 2. The zero-order chi connectivity index (χ0) is 13.1. The zero-order valence-corrected chi connectivity index (χ0v) is 10.5. The van der Waals surface area contributed by atoms with E-state index in [-0.39, 0.29) is 0 Å². The Morgan fingerprint density at radius 3 is 1.55 bits per heavy atom. The van der Waals surface area contributed by atoms with Crippen LogP contribution in [0.25, 0.3) is 44.1 Å². The molecule has 0 amide bonds. The molecule has 2 aromatic carbocycles. The summed E-state index contributed by atoms with van der Waals surface area (Å²) in [5, 5.41) is 2.21. The van der Waals surface area contributed by atoms with Crippen LogP contribution in [-0.2, 0) is 0 Å². The van der Waals surface area contributed by atoms with Gasteiger partial charge >= 0.3 is 0 Å². The van der Waals surface area contributed by atoms with E-state index in [1.54, 1.807) is 0 Å². The minimum atomic E-state index is 0.837. The second-order valence-corrected chi connectivity index (χ2v) is 4.96. The molecular formula is C16H10N4. The molecule has 0 spiro atoms. The topological polar surface area (TPSA) is 57.4 Å². The largest absolute Gasteiger partial charge is 0.338 e. The van der Waals surface area contributed by atoms with Gasteiger partial charge in [-0.3, -0.25) is 0 Å². The van der Waals surface area contributed by atoms with Gasteiger partial charge in [0, 0.05) is 21.8 Å². The van der Waals surface area contributed by atoms with Gasteiger partial charge in [-0.25, -0.2) is 9.97 Å². The Bertz CT molecular complexity index is 1010. The molecule has 0 aliphatic rings. The summed E-state index contributed by atoms with van der Waals surface area (Å²) < 4.78 is 0. The molecule has 20 heavy (non-hydrogen) atoms. The lowest BCUT2D eigenvalue weighted by Gasteiger charge is -1.91. The van der Waals surface area contributed by atoms with Crippen molar-refractivity contribution in [3.63, 3.8) is 0 Å². The predicted octanol–water partition coefficient (Wildman–Crippen LogP) is 3.75. The molecule has 0 unspecified atom stereocenters. The van der Waals surface area contributed by atoms with E-state index in [0.717, 1.165) is 44.1 Å². The van der Waals surface area contributed by atoms with Crippen molar-refractivity contribution in [3.8, 4) is 0 Å². The number of para-hydroxylation sites is 2. The summed E-state index contributed by atoms with van der Waals surface area (Å²) >= 11 is 0. The molecule has 0 radical (unpaired) electrons. The van der Waals surface area contributed by atoms with Crippen molar-refractivity contribution in [1.29, 1.82) is 0 Å². The number of hydrogen-bond donors (Lipinski definition) is 2. The van der Waals surface area contributed by atoms with Crippen LogP contribution in [0.3, 0.4) is 0 Å². The molecule has 5 rings (SSSR count). The van der Waals surface area contributed by atoms with E-state index in [9.17, 15) is 0 Å². The molecule has 3 aromatic heterocycles. The number of H-pyrrole nitrogens is 2. The number of aromatic nitrogens is 4. The van der Waals surface area contributed by atoms with E-state index in [2.05, 4.69) is 22.1 Å². The van der Waals surface area contributed by atoms with Crippen molar-refractivity contribution in [2.75, 3.05) is 0 Å². The minimum absolute atomic E-state index is 0.837. The average Bonchev–Trinajstić information content (AvgIpc) is 3.02. The van der Waals surface area contributed by atoms with Gasteiger partial charge in [0.25, 0.3) is 0 Å². The number of rotatable bonds is 0. The Labute approximate surface area is 113 Å². The molecule has 0 saturated carbocycles. The maximum Gasteiger partial charge on any atom is 0.158 e. The highest BCUT2D eigenvalue weighted by Crippen LogP contribution is 2.27. The van der Waals surface area contributed by atoms with Crippen molar-refractivity contribution in [1.82, 2.24) is 19.9 Å². The molecule has 3 heterocycles. The summed E-state index contributed by atoms with van der Waals surface area (Å²) in [5.41, 5.74) is 5.64. The van der Waals surface area contributed by atoms with Crippen LogP contribution in [-0.4, -0.2) is 19.9 Å². The lowest BCUT2D eigenvalue weighted by atomic mass is 10.2. The van der Waals surface area contributed by atoms with Gasteiger partial charge in [0.15, 0.2) is 11.3 Å². The van der Waals surface area contributed by atoms with Crippen LogP contribution in [0.5, 0.6) is 0 Å². The summed E-state index contributed by atoms with van der Waals surface area (Å²) in [6.45, 7) is 0. The monoisotopic (exact) mass is 258 g/mol. The van der Waals surface area contributed by atoms with Crippen LogP contribution in [0.15, 0.2) is 48.5 Å². The van der Waals surface area contributed by atoms with Crippen molar-refractivity contribution in [2.24, 2.45) is 0 Å². The molecule has 4 heteroatoms. The number of hydrogen-bond acceptors (Lipinski definition) is 2. The standard InChI is InChI=1S/C16H10N4/c1-3-7-11-9(5-1)13-15(17-11)20-14-10-6-2-4-8-12(10)18-16(14)19-13/h1-8H,(H,17,20)(H,18,19). The van der Waals surface area contributed by atoms with Gasteiger partial charge in [-0.05, 0) is 12.1 Å². The van der Waals surface area contributed by atoms with Gasteiger partial charge in [-0.15, -0.1) is 0 Å². The Balaban J connectivity index is 2.05. The van der Waals surface area contributed by atoms with Gasteiger partial charge in [0.05, 0.1) is 0 Å². The van der Waals surface area contributed by atoms with Crippen molar-refractivity contribution in [3.05, 3.63) is 48.5 Å². The average molecular weight is 258 g/mol. The first-order chi connectivity index (χ1) is 9.90. The van der Waals surface area contributed by atoms with E-state index < -0.39 is 0 Å². The fourth-order valence-corrected chi connectivity index (χ4v) is 2.84. The summed E-state index contributed by atoms with van der Waals surface area (Å²) in [4.78, 5) is 16.2. The molecule has 0 atom stereocenters. The molecule has 0 saturated heterocycles. The predicted molar refractivity (Wildman–Crippen MR) is 80.8 cm³/mol. The van der Waals surface area contributed by atoms with Gasteiger partial charge < -0.3 is 9.97 Å². The maximum absolute atomic E-state index is 4.75. The van der Waals surface area contributed by atoms with Crippen LogP contribution in [0.1, 0.15) is 0 Å². The van der Waals surface area contributed by atoms with Gasteiger partial charge in [-0.1, -0.05) is 36.4 Å². The quantitative estimate of drug-likeness (QED) is 0.444. The summed E-state index contributed by atoms with van der Waals surface area (Å²) in [7, 11) is 0. The molecule has 0 aliphatic carbocycles. The lowest BCUT2D eigenvalue weighted by molar-refractivity contribution is 1.34. The molecular weight excluding hydrogens is 248 g/mol. The van der Waals surface area contributed by atoms with E-state index in [1.165, 1.54) is 0 Å². The van der Waals surface area contributed by atoms with E-state index in [0.29, 0.717) is 0 Å². The number of fused-ring (bicyclic) bond motifs is 6. The van der Waals surface area contributed by atoms with Crippen LogP contribution in [0, 0.1) is 0 Å². The second kappa shape index (κ2) is 3.36. The number of benzene rings is 2. The number of aromatic amines is 2. The Morgan fingerprint density at radius 2 is 1.05 bits per heavy atom. The molecule has 0 fully saturated rings. The van der Waals surface area contributed by atoms with Crippen molar-refractivity contribution >= 4 is 44.1 Å². The van der Waals surface area contributed by atoms with Crippen LogP contribution in [0.2, 0.25) is 0 Å². The molecule has 0 aliphatic heterocycles. The van der Waals surface area contributed by atoms with Crippen LogP contribution in [0.4, 0.5) is 0 Å². The van der Waals surface area contributed by atoms with E-state index in [4.69, 9.17) is 9.97 Å². The summed E-state index contributed by atoms with van der Waals surface area (Å²) in [6.07, 6.45) is 0. The fourth-order valence-electron chi connectivity index (χ4n) is 2.84. The van der Waals surface area contributed by atoms with Gasteiger partial charge in [-0.2, -0.15) is 0 Å². The third-order valence-corrected chi connectivity index (χ3v) is 3.77. The SMILES string of the molecule is c1ccc2c(c1)[nH]c1nc3c(nc12)[nH]c1ccccc13. The summed E-state index contributed by atoms with van der Waals surface area (Å²) in [6, 6.07) is 16.3. The third kappa shape index (κ3) is 1.15. The molecule has 0 bridgehead atoms. The molecule has 4 nitrogen and oxygen atoms in total. The van der Waals surface area contributed by atoms with Crippen LogP contribution >= 0.6 is 0 Å². The molecule has 5 aromatic rings. The first kappa shape index (κ1) is 9.97. The summed E-state index contributed by atoms with van der Waals surface area (Å²) in [5.74, 6) is 0. The lowest BCUT2D eigenvalue weighted by Crippen LogP contribution is -1.83. The third-order valence-electron chi connectivity index (χ3n) is 3.77. The van der Waals surface area contributed by atoms with Crippen molar-refractivity contribution < 1.29 is 0 Å². The van der Waals surface area contributed by atoms with E-state index >= 15 is 0 Å². The maximum atomic E-state index is 4.75. The van der Waals surface area contributed by atoms with Crippen LogP contribution < -0.4 is 0 Å². The minimum Gasteiger partial charge on any atom is -0.338 e. The first-order valence-corrected chi connectivity index (χ1v) is 6.55. The highest BCUT2D eigenvalue weighted by molar-refractivity contribution is 6.10. The molecule has 94 valence electrons. The van der Waals surface area contributed by atoms with Gasteiger partial charge in [0.2, 0.25) is 0 Å². The Hall–Kier alpha value is -2.88. The van der Waals surface area contributed by atoms with Gasteiger partial charge in [0.1, 0.15) is 11.0 Å². The first-order valence-electron chi connectivity index (χ1n) is 6.55. The Kier molecular flexibility index (Phi) is 1.68. The fraction of sp³-hybridized carbons (Fsp3) is 0. The zero-order valence-electron chi connectivity index (χ0n) is 10.5. The highest BCUT2D eigenvalue weighted by atomic mass is 15.0.